The summed E-state index contributed by atoms with van der Waals surface area (Å²) in [5.41, 5.74) is 1.22. The van der Waals surface area contributed by atoms with Gasteiger partial charge in [0.25, 0.3) is 0 Å². The van der Waals surface area contributed by atoms with E-state index in [4.69, 9.17) is 10.00 Å². The van der Waals surface area contributed by atoms with Crippen LogP contribution in [0.5, 0.6) is 5.75 Å². The number of nitrogens with zero attached hydrogens (tertiary/aromatic N) is 1. The number of nitriles is 1. The summed E-state index contributed by atoms with van der Waals surface area (Å²) in [4.78, 5) is 1.41. The minimum Gasteiger partial charge on any atom is -0.494 e. The lowest BCUT2D eigenvalue weighted by molar-refractivity contribution is 0.312. The first-order valence-electron chi connectivity index (χ1n) is 7.20. The van der Waals surface area contributed by atoms with Crippen molar-refractivity contribution in [1.29, 1.82) is 5.26 Å². The summed E-state index contributed by atoms with van der Waals surface area (Å²) in [7, 11) is 0. The molecule has 0 radical (unpaired) electrons. The van der Waals surface area contributed by atoms with Gasteiger partial charge in [-0.2, -0.15) is 5.26 Å². The average molecular weight is 300 g/mol. The van der Waals surface area contributed by atoms with Crippen molar-refractivity contribution < 1.29 is 4.74 Å². The molecule has 0 saturated carbocycles. The van der Waals surface area contributed by atoms with Crippen LogP contribution < -0.4 is 10.1 Å². The predicted octanol–water partition coefficient (Wildman–Crippen LogP) is 3.76. The minimum absolute atomic E-state index is 0.546. The topological polar surface area (TPSA) is 45.0 Å². The van der Waals surface area contributed by atoms with Crippen LogP contribution in [0.2, 0.25) is 0 Å². The zero-order valence-electron chi connectivity index (χ0n) is 12.0. The zero-order chi connectivity index (χ0) is 14.8. The number of benzene rings is 1. The van der Waals surface area contributed by atoms with Gasteiger partial charge in [-0.05, 0) is 42.0 Å². The summed E-state index contributed by atoms with van der Waals surface area (Å²) >= 11 is 1.80. The molecule has 2 rings (SSSR count). The minimum atomic E-state index is 0.546. The van der Waals surface area contributed by atoms with Gasteiger partial charge in [-0.15, -0.1) is 11.3 Å². The van der Waals surface area contributed by atoms with Gasteiger partial charge < -0.3 is 10.1 Å². The molecule has 0 aliphatic rings. The quantitative estimate of drug-likeness (QED) is 0.717. The summed E-state index contributed by atoms with van der Waals surface area (Å²) < 4.78 is 5.64. The summed E-state index contributed by atoms with van der Waals surface area (Å²) in [6.45, 7) is 2.43. The highest BCUT2D eigenvalue weighted by Crippen LogP contribution is 2.14. The van der Waals surface area contributed by atoms with E-state index in [1.54, 1.807) is 11.3 Å². The van der Waals surface area contributed by atoms with E-state index in [1.807, 2.05) is 12.1 Å². The highest BCUT2D eigenvalue weighted by molar-refractivity contribution is 7.09. The van der Waals surface area contributed by atoms with Crippen molar-refractivity contribution in [1.82, 2.24) is 5.32 Å². The standard InChI is InChI=1S/C17H20N2OS/c18-9-1-2-11-20-16-6-3-5-15(13-16)14-19-10-8-17-7-4-12-21-17/h3-7,12-13,19H,1-2,8,10-11,14H2. The van der Waals surface area contributed by atoms with Crippen LogP contribution in [0.4, 0.5) is 0 Å². The van der Waals surface area contributed by atoms with Gasteiger partial charge in [0.15, 0.2) is 0 Å². The molecule has 1 aromatic carbocycles. The Morgan fingerprint density at radius 2 is 2.19 bits per heavy atom. The second kappa shape index (κ2) is 9.17. The highest BCUT2D eigenvalue weighted by atomic mass is 32.1. The number of hydrogen-bond donors (Lipinski definition) is 1. The van der Waals surface area contributed by atoms with E-state index in [0.717, 1.165) is 31.7 Å². The van der Waals surface area contributed by atoms with Crippen LogP contribution in [0.3, 0.4) is 0 Å². The van der Waals surface area contributed by atoms with Crippen LogP contribution in [0.15, 0.2) is 41.8 Å². The van der Waals surface area contributed by atoms with Gasteiger partial charge in [0.1, 0.15) is 5.75 Å². The van der Waals surface area contributed by atoms with E-state index in [2.05, 4.69) is 41.0 Å². The molecular weight excluding hydrogens is 280 g/mol. The number of ether oxygens (including phenoxy) is 1. The van der Waals surface area contributed by atoms with Crippen molar-refractivity contribution in [3.05, 3.63) is 52.2 Å². The van der Waals surface area contributed by atoms with Gasteiger partial charge in [0, 0.05) is 24.4 Å². The maximum absolute atomic E-state index is 8.48. The number of rotatable bonds is 9. The van der Waals surface area contributed by atoms with E-state index in [-0.39, 0.29) is 0 Å². The van der Waals surface area contributed by atoms with Gasteiger partial charge in [-0.25, -0.2) is 0 Å². The first kappa shape index (κ1) is 15.6. The van der Waals surface area contributed by atoms with Crippen molar-refractivity contribution in [2.75, 3.05) is 13.2 Å². The first-order valence-corrected chi connectivity index (χ1v) is 8.08. The molecule has 3 nitrogen and oxygen atoms in total. The van der Waals surface area contributed by atoms with Crippen LogP contribution in [-0.4, -0.2) is 13.2 Å². The van der Waals surface area contributed by atoms with Crippen molar-refractivity contribution in [2.24, 2.45) is 0 Å². The Hall–Kier alpha value is -1.83. The van der Waals surface area contributed by atoms with Gasteiger partial charge in [0.2, 0.25) is 0 Å². The zero-order valence-corrected chi connectivity index (χ0v) is 12.9. The molecule has 0 saturated heterocycles. The van der Waals surface area contributed by atoms with Gasteiger partial charge >= 0.3 is 0 Å². The van der Waals surface area contributed by atoms with E-state index in [1.165, 1.54) is 10.4 Å². The van der Waals surface area contributed by atoms with E-state index in [0.29, 0.717) is 13.0 Å². The molecule has 0 aliphatic heterocycles. The molecule has 0 bridgehead atoms. The van der Waals surface area contributed by atoms with Crippen LogP contribution in [0, 0.1) is 11.3 Å². The number of thiophene rings is 1. The Morgan fingerprint density at radius 3 is 3.00 bits per heavy atom. The molecule has 0 spiro atoms. The third-order valence-corrected chi connectivity index (χ3v) is 3.99. The Balaban J connectivity index is 1.69. The maximum Gasteiger partial charge on any atom is 0.119 e. The fraction of sp³-hybridized carbons (Fsp3) is 0.353. The van der Waals surface area contributed by atoms with Crippen LogP contribution >= 0.6 is 11.3 Å². The lowest BCUT2D eigenvalue weighted by Gasteiger charge is -2.08. The van der Waals surface area contributed by atoms with Crippen molar-refractivity contribution in [2.45, 2.75) is 25.8 Å². The fourth-order valence-electron chi connectivity index (χ4n) is 1.99. The predicted molar refractivity (Wildman–Crippen MR) is 86.5 cm³/mol. The molecule has 0 aliphatic carbocycles. The number of nitrogens with one attached hydrogen (secondary N) is 1. The normalized spacial score (nSPS) is 10.2. The molecule has 4 heteroatoms. The molecule has 1 heterocycles. The van der Waals surface area contributed by atoms with Crippen LogP contribution in [0.1, 0.15) is 23.3 Å². The van der Waals surface area contributed by atoms with Crippen molar-refractivity contribution in [3.63, 3.8) is 0 Å². The van der Waals surface area contributed by atoms with E-state index in [9.17, 15) is 0 Å². The Kier molecular flexibility index (Phi) is 6.79. The van der Waals surface area contributed by atoms with Gasteiger partial charge in [-0.1, -0.05) is 18.2 Å². The molecule has 0 amide bonds. The average Bonchev–Trinajstić information content (AvgIpc) is 3.02. The van der Waals surface area contributed by atoms with Crippen LogP contribution in [0.25, 0.3) is 0 Å². The largest absolute Gasteiger partial charge is 0.494 e. The van der Waals surface area contributed by atoms with E-state index < -0.39 is 0 Å². The van der Waals surface area contributed by atoms with Crippen molar-refractivity contribution in [3.8, 4) is 11.8 Å². The molecule has 1 N–H and O–H groups in total. The second-order valence-electron chi connectivity index (χ2n) is 4.76. The summed E-state index contributed by atoms with van der Waals surface area (Å²) in [5.74, 6) is 0.880. The van der Waals surface area contributed by atoms with Crippen molar-refractivity contribution >= 4 is 11.3 Å². The third-order valence-electron chi connectivity index (χ3n) is 3.06. The van der Waals surface area contributed by atoms with Gasteiger partial charge in [0.05, 0.1) is 12.7 Å². The monoisotopic (exact) mass is 300 g/mol. The summed E-state index contributed by atoms with van der Waals surface area (Å²) in [6, 6.07) is 14.5. The lowest BCUT2D eigenvalue weighted by atomic mass is 10.2. The second-order valence-corrected chi connectivity index (χ2v) is 5.80. The summed E-state index contributed by atoms with van der Waals surface area (Å²) in [6.07, 6.45) is 2.39. The van der Waals surface area contributed by atoms with Gasteiger partial charge in [-0.3, -0.25) is 0 Å². The first-order chi connectivity index (χ1) is 10.4. The molecule has 21 heavy (non-hydrogen) atoms. The fourth-order valence-corrected chi connectivity index (χ4v) is 2.69. The summed E-state index contributed by atoms with van der Waals surface area (Å²) in [5, 5.41) is 14.0. The molecule has 2 aromatic rings. The molecular formula is C17H20N2OS. The lowest BCUT2D eigenvalue weighted by Crippen LogP contribution is -2.16. The Morgan fingerprint density at radius 1 is 1.24 bits per heavy atom. The SMILES string of the molecule is N#CCCCOc1cccc(CNCCc2cccs2)c1. The molecule has 1 aromatic heterocycles. The molecule has 0 fully saturated rings. The van der Waals surface area contributed by atoms with Crippen LogP contribution in [-0.2, 0) is 13.0 Å². The molecule has 110 valence electrons. The smallest absolute Gasteiger partial charge is 0.119 e. The number of hydrogen-bond acceptors (Lipinski definition) is 4. The Labute approximate surface area is 130 Å². The van der Waals surface area contributed by atoms with E-state index >= 15 is 0 Å². The number of unbranched alkanes of at least 4 members (excludes halogenated alkanes) is 1. The maximum atomic E-state index is 8.48. The molecule has 0 atom stereocenters. The highest BCUT2D eigenvalue weighted by Gasteiger charge is 1.98. The third kappa shape index (κ3) is 5.99. The molecule has 0 unspecified atom stereocenters. The Bertz CT molecular complexity index is 560.